The summed E-state index contributed by atoms with van der Waals surface area (Å²) in [5, 5.41) is 2.22. The lowest BCUT2D eigenvalue weighted by Gasteiger charge is -2.46. The molecule has 0 bridgehead atoms. The van der Waals surface area contributed by atoms with E-state index in [1.165, 1.54) is 16.7 Å². The van der Waals surface area contributed by atoms with Crippen LogP contribution in [0.3, 0.4) is 0 Å². The van der Waals surface area contributed by atoms with Crippen LogP contribution in [0.2, 0.25) is 10.0 Å². The maximum atomic E-state index is 11.4. The van der Waals surface area contributed by atoms with Gasteiger partial charge in [-0.15, -0.1) is 0 Å². The molecule has 2 aromatic rings. The number of benzene rings is 2. The topological polar surface area (TPSA) is 43.8 Å². The van der Waals surface area contributed by atoms with Crippen LogP contribution in [0.15, 0.2) is 36.4 Å². The Morgan fingerprint density at radius 1 is 1.10 bits per heavy atom. The Morgan fingerprint density at radius 2 is 1.84 bits per heavy atom. The van der Waals surface area contributed by atoms with Crippen LogP contribution in [0, 0.1) is 5.92 Å². The number of aldehydes is 1. The third-order valence-corrected chi connectivity index (χ3v) is 9.29. The summed E-state index contributed by atoms with van der Waals surface area (Å²) >= 11 is 12.2. The first-order valence-electron chi connectivity index (χ1n) is 10.9. The van der Waals surface area contributed by atoms with E-state index >= 15 is 0 Å². The second-order valence-corrected chi connectivity index (χ2v) is 11.2. The normalized spacial score (nSPS) is 25.4. The van der Waals surface area contributed by atoms with E-state index in [4.69, 9.17) is 23.2 Å². The van der Waals surface area contributed by atoms with Crippen LogP contribution < -0.4 is 5.30 Å². The van der Waals surface area contributed by atoms with Crippen LogP contribution in [0.5, 0.6) is 0 Å². The van der Waals surface area contributed by atoms with Gasteiger partial charge in [0.1, 0.15) is 14.6 Å². The van der Waals surface area contributed by atoms with Gasteiger partial charge in [-0.3, -0.25) is 4.90 Å². The molecular weight excluding hydrogens is 450 g/mol. The molecule has 7 heteroatoms. The average Bonchev–Trinajstić information content (AvgIpc) is 3.17. The van der Waals surface area contributed by atoms with Gasteiger partial charge in [0.15, 0.2) is 0 Å². The average molecular weight is 479 g/mol. The summed E-state index contributed by atoms with van der Waals surface area (Å²) in [4.78, 5) is 25.2. The lowest BCUT2D eigenvalue weighted by Crippen LogP contribution is -2.55. The van der Waals surface area contributed by atoms with Crippen molar-refractivity contribution >= 4 is 43.1 Å². The molecule has 4 nitrogen and oxygen atoms in total. The van der Waals surface area contributed by atoms with E-state index in [0.717, 1.165) is 50.5 Å². The number of carbonyl (C=O) groups excluding carboxylic acids is 1. The fourth-order valence-corrected chi connectivity index (χ4v) is 7.19. The summed E-state index contributed by atoms with van der Waals surface area (Å²) in [5.41, 5.74) is 3.59. The van der Waals surface area contributed by atoms with E-state index in [-0.39, 0.29) is 18.0 Å². The van der Waals surface area contributed by atoms with Gasteiger partial charge in [-0.05, 0) is 61.9 Å². The van der Waals surface area contributed by atoms with E-state index in [1.54, 1.807) is 0 Å². The summed E-state index contributed by atoms with van der Waals surface area (Å²) < 4.78 is 2.29. The van der Waals surface area contributed by atoms with Crippen molar-refractivity contribution in [2.45, 2.75) is 45.2 Å². The van der Waals surface area contributed by atoms with E-state index in [1.807, 2.05) is 30.3 Å². The molecule has 1 N–H and O–H groups in total. The molecule has 0 saturated carbocycles. The third-order valence-electron chi connectivity index (χ3n) is 6.47. The van der Waals surface area contributed by atoms with Crippen LogP contribution in [-0.2, 0) is 24.1 Å². The van der Waals surface area contributed by atoms with E-state index in [9.17, 15) is 9.69 Å². The maximum absolute atomic E-state index is 11.4. The van der Waals surface area contributed by atoms with Crippen molar-refractivity contribution in [3.8, 4) is 0 Å². The minimum absolute atomic E-state index is 0.0487. The van der Waals surface area contributed by atoms with Gasteiger partial charge in [-0.2, -0.15) is 0 Å². The monoisotopic (exact) mass is 478 g/mol. The van der Waals surface area contributed by atoms with E-state index < -0.39 is 8.30 Å². The Bertz CT molecular complexity index is 945. The zero-order chi connectivity index (χ0) is 22.1. The smallest absolute Gasteiger partial charge is 0.135 e. The van der Waals surface area contributed by atoms with Gasteiger partial charge in [0, 0.05) is 42.9 Å². The van der Waals surface area contributed by atoms with Crippen molar-refractivity contribution in [1.82, 2.24) is 9.57 Å². The van der Waals surface area contributed by atoms with Crippen LogP contribution in [0.25, 0.3) is 0 Å². The summed E-state index contributed by atoms with van der Waals surface area (Å²) in [7, 11) is -1.42. The van der Waals surface area contributed by atoms with Crippen LogP contribution in [-0.4, -0.2) is 52.5 Å². The van der Waals surface area contributed by atoms with Crippen molar-refractivity contribution in [2.75, 3.05) is 19.6 Å². The molecule has 1 heterocycles. The van der Waals surface area contributed by atoms with Gasteiger partial charge in [0.05, 0.1) is 10.0 Å². The molecule has 0 radical (unpaired) electrons. The first-order valence-corrected chi connectivity index (χ1v) is 12.9. The predicted octanol–water partition coefficient (Wildman–Crippen LogP) is 4.47. The molecular formula is C24H29Cl2N2O2P. The van der Waals surface area contributed by atoms with Gasteiger partial charge in [-0.25, -0.2) is 4.67 Å². The molecule has 4 rings (SSSR count). The number of hydrogen-bond acceptors (Lipinski definition) is 4. The van der Waals surface area contributed by atoms with Crippen molar-refractivity contribution in [3.05, 3.63) is 63.1 Å². The number of piperazine rings is 1. The molecule has 0 amide bonds. The Kier molecular flexibility index (Phi) is 7.37. The summed E-state index contributed by atoms with van der Waals surface area (Å²) in [6.07, 6.45) is 3.52. The standard InChI is InChI=1S/C24H29Cl2N2O2P/c1-16-13-27(9-8-18-6-7-22(25)23(26)12-18)14-17(2)28(16)31(30)24-5-3-4-20-10-19(15-29)11-21(20)24/h3-7,12,15-17,19,30H,8-11,13-14H2,1-2H3. The van der Waals surface area contributed by atoms with Crippen molar-refractivity contribution in [2.24, 2.45) is 5.92 Å². The lowest BCUT2D eigenvalue weighted by atomic mass is 10.1. The first-order chi connectivity index (χ1) is 14.9. The third kappa shape index (κ3) is 5.00. The highest BCUT2D eigenvalue weighted by Crippen LogP contribution is 2.43. The molecule has 0 spiro atoms. The zero-order valence-electron chi connectivity index (χ0n) is 18.0. The predicted molar refractivity (Wildman–Crippen MR) is 130 cm³/mol. The summed E-state index contributed by atoms with van der Waals surface area (Å²) in [6, 6.07) is 12.5. The van der Waals surface area contributed by atoms with Crippen LogP contribution in [0.4, 0.5) is 0 Å². The van der Waals surface area contributed by atoms with Gasteiger partial charge in [0.25, 0.3) is 0 Å². The molecule has 4 unspecified atom stereocenters. The lowest BCUT2D eigenvalue weighted by molar-refractivity contribution is -0.110. The Morgan fingerprint density at radius 3 is 2.52 bits per heavy atom. The van der Waals surface area contributed by atoms with Crippen LogP contribution >= 0.6 is 31.5 Å². The number of nitrogens with zero attached hydrogens (tertiary/aromatic N) is 2. The van der Waals surface area contributed by atoms with Crippen molar-refractivity contribution < 1.29 is 9.69 Å². The SMILES string of the molecule is CC1CN(CCc2ccc(Cl)c(Cl)c2)CC(C)N1P(O)c1cccc2c1CC(C=O)C2. The number of fused-ring (bicyclic) bond motifs is 1. The second kappa shape index (κ2) is 9.87. The first kappa shape index (κ1) is 23.2. The summed E-state index contributed by atoms with van der Waals surface area (Å²) in [5.74, 6) is 0.0487. The fourth-order valence-electron chi connectivity index (χ4n) is 5.03. The maximum Gasteiger partial charge on any atom is 0.135 e. The molecule has 1 aliphatic carbocycles. The van der Waals surface area contributed by atoms with E-state index in [0.29, 0.717) is 10.0 Å². The molecule has 0 aromatic heterocycles. The molecule has 1 aliphatic heterocycles. The molecule has 166 valence electrons. The van der Waals surface area contributed by atoms with Gasteiger partial charge < -0.3 is 9.69 Å². The number of carbonyl (C=O) groups is 1. The quantitative estimate of drug-likeness (QED) is 0.491. The minimum Gasteiger partial charge on any atom is -0.356 e. The van der Waals surface area contributed by atoms with Crippen molar-refractivity contribution in [3.63, 3.8) is 0 Å². The van der Waals surface area contributed by atoms with Crippen molar-refractivity contribution in [1.29, 1.82) is 0 Å². The highest BCUT2D eigenvalue weighted by molar-refractivity contribution is 7.57. The molecule has 31 heavy (non-hydrogen) atoms. The number of hydrogen-bond donors (Lipinski definition) is 1. The van der Waals surface area contributed by atoms with Gasteiger partial charge >= 0.3 is 0 Å². The van der Waals surface area contributed by atoms with Gasteiger partial charge in [-0.1, -0.05) is 47.5 Å². The molecule has 4 atom stereocenters. The van der Waals surface area contributed by atoms with E-state index in [2.05, 4.69) is 29.5 Å². The molecule has 2 aromatic carbocycles. The Labute approximate surface area is 196 Å². The largest absolute Gasteiger partial charge is 0.356 e. The van der Waals surface area contributed by atoms with Gasteiger partial charge in [0.2, 0.25) is 0 Å². The number of rotatable bonds is 6. The Balaban J connectivity index is 1.42. The summed E-state index contributed by atoms with van der Waals surface area (Å²) in [6.45, 7) is 7.18. The zero-order valence-corrected chi connectivity index (χ0v) is 20.4. The van der Waals surface area contributed by atoms with Crippen LogP contribution in [0.1, 0.15) is 30.5 Å². The highest BCUT2D eigenvalue weighted by Gasteiger charge is 2.36. The second-order valence-electron chi connectivity index (χ2n) is 8.84. The highest BCUT2D eigenvalue weighted by atomic mass is 35.5. The minimum atomic E-state index is -1.42. The Hall–Kier alpha value is -1.00. The number of halogens is 2. The molecule has 2 aliphatic rings. The fraction of sp³-hybridized carbons (Fsp3) is 0.458. The molecule has 1 fully saturated rings. The molecule has 1 saturated heterocycles.